The Morgan fingerprint density at radius 2 is 1.62 bits per heavy atom. The van der Waals surface area contributed by atoms with E-state index in [0.717, 1.165) is 43.9 Å². The van der Waals surface area contributed by atoms with Gasteiger partial charge in [-0.05, 0) is 36.2 Å². The molecule has 0 radical (unpaired) electrons. The van der Waals surface area contributed by atoms with Crippen molar-refractivity contribution >= 4 is 23.2 Å². The fourth-order valence-corrected chi connectivity index (χ4v) is 3.57. The molecule has 2 aromatic carbocycles. The van der Waals surface area contributed by atoms with Gasteiger partial charge in [-0.15, -0.1) is 0 Å². The van der Waals surface area contributed by atoms with Crippen LogP contribution in [0.25, 0.3) is 0 Å². The van der Waals surface area contributed by atoms with Gasteiger partial charge in [-0.1, -0.05) is 43.3 Å². The molecule has 0 bridgehead atoms. The van der Waals surface area contributed by atoms with E-state index in [1.54, 1.807) is 12.3 Å². The minimum atomic E-state index is -0.211. The van der Waals surface area contributed by atoms with Crippen molar-refractivity contribution in [2.75, 3.05) is 41.3 Å². The monoisotopic (exact) mass is 387 g/mol. The van der Waals surface area contributed by atoms with Gasteiger partial charge in [-0.2, -0.15) is 0 Å². The molecule has 1 aliphatic heterocycles. The van der Waals surface area contributed by atoms with Crippen molar-refractivity contribution in [2.45, 2.75) is 13.3 Å². The molecule has 1 N–H and O–H groups in total. The van der Waals surface area contributed by atoms with Crippen LogP contribution in [-0.4, -0.2) is 42.1 Å². The van der Waals surface area contributed by atoms with Crippen molar-refractivity contribution in [1.82, 2.24) is 9.97 Å². The molecule has 1 aromatic heterocycles. The number of aromatic nitrogens is 2. The number of aryl methyl sites for hydroxylation is 1. The second-order valence-electron chi connectivity index (χ2n) is 7.02. The van der Waals surface area contributed by atoms with Gasteiger partial charge < -0.3 is 15.1 Å². The standard InChI is InChI=1S/C23H25N5O/c1-2-18-8-6-7-11-20(18)25-22(29)21-12-13-24-23(26-21)28-16-14-27(15-17-28)19-9-4-3-5-10-19/h3-13H,2,14-17H2,1H3,(H,25,29). The molecule has 0 aliphatic carbocycles. The fraction of sp³-hybridized carbons (Fsp3) is 0.261. The Labute approximate surface area is 171 Å². The molecule has 0 spiro atoms. The SMILES string of the molecule is CCc1ccccc1NC(=O)c1ccnc(N2CCN(c3ccccc3)CC2)n1. The van der Waals surface area contributed by atoms with Gasteiger partial charge >= 0.3 is 0 Å². The molecule has 1 fully saturated rings. The largest absolute Gasteiger partial charge is 0.368 e. The van der Waals surface area contributed by atoms with Gasteiger partial charge in [0.25, 0.3) is 5.91 Å². The third kappa shape index (κ3) is 4.37. The van der Waals surface area contributed by atoms with Crippen LogP contribution in [-0.2, 0) is 6.42 Å². The topological polar surface area (TPSA) is 61.4 Å². The van der Waals surface area contributed by atoms with Gasteiger partial charge in [0, 0.05) is 43.8 Å². The molecule has 2 heterocycles. The minimum absolute atomic E-state index is 0.211. The lowest BCUT2D eigenvalue weighted by Gasteiger charge is -2.36. The highest BCUT2D eigenvalue weighted by Crippen LogP contribution is 2.19. The van der Waals surface area contributed by atoms with E-state index in [4.69, 9.17) is 0 Å². The Hall–Kier alpha value is -3.41. The number of carbonyl (C=O) groups is 1. The van der Waals surface area contributed by atoms with Crippen LogP contribution in [0.15, 0.2) is 66.9 Å². The maximum Gasteiger partial charge on any atom is 0.274 e. The van der Waals surface area contributed by atoms with Crippen molar-refractivity contribution in [3.63, 3.8) is 0 Å². The number of hydrogen-bond acceptors (Lipinski definition) is 5. The van der Waals surface area contributed by atoms with Gasteiger partial charge in [0.1, 0.15) is 5.69 Å². The number of anilines is 3. The normalized spacial score (nSPS) is 14.0. The number of carbonyl (C=O) groups excluding carboxylic acids is 1. The zero-order valence-electron chi connectivity index (χ0n) is 16.6. The second kappa shape index (κ2) is 8.73. The number of nitrogens with one attached hydrogen (secondary N) is 1. The van der Waals surface area contributed by atoms with E-state index in [1.165, 1.54) is 5.69 Å². The molecule has 0 atom stereocenters. The fourth-order valence-electron chi connectivity index (χ4n) is 3.57. The number of amides is 1. The van der Waals surface area contributed by atoms with Gasteiger partial charge in [0.15, 0.2) is 0 Å². The average Bonchev–Trinajstić information content (AvgIpc) is 2.80. The summed E-state index contributed by atoms with van der Waals surface area (Å²) in [5.41, 5.74) is 3.55. The summed E-state index contributed by atoms with van der Waals surface area (Å²) >= 11 is 0. The lowest BCUT2D eigenvalue weighted by atomic mass is 10.1. The second-order valence-corrected chi connectivity index (χ2v) is 7.02. The number of para-hydroxylation sites is 2. The van der Waals surface area contributed by atoms with Crippen molar-refractivity contribution in [3.8, 4) is 0 Å². The van der Waals surface area contributed by atoms with Gasteiger partial charge in [0.05, 0.1) is 0 Å². The molecule has 29 heavy (non-hydrogen) atoms. The summed E-state index contributed by atoms with van der Waals surface area (Å²) in [6.07, 6.45) is 2.52. The van der Waals surface area contributed by atoms with Crippen LogP contribution >= 0.6 is 0 Å². The number of hydrogen-bond donors (Lipinski definition) is 1. The summed E-state index contributed by atoms with van der Waals surface area (Å²) in [6, 6.07) is 19.9. The molecule has 1 amide bonds. The zero-order chi connectivity index (χ0) is 20.1. The highest BCUT2D eigenvalue weighted by Gasteiger charge is 2.20. The van der Waals surface area contributed by atoms with Gasteiger partial charge in [-0.3, -0.25) is 4.79 Å². The van der Waals surface area contributed by atoms with E-state index in [1.807, 2.05) is 30.3 Å². The average molecular weight is 387 g/mol. The van der Waals surface area contributed by atoms with E-state index in [0.29, 0.717) is 11.6 Å². The molecular formula is C23H25N5O. The van der Waals surface area contributed by atoms with E-state index in [2.05, 4.69) is 56.3 Å². The first kappa shape index (κ1) is 18.9. The van der Waals surface area contributed by atoms with Gasteiger partial charge in [0.2, 0.25) is 5.95 Å². The quantitative estimate of drug-likeness (QED) is 0.725. The first-order valence-corrected chi connectivity index (χ1v) is 10.0. The lowest BCUT2D eigenvalue weighted by Crippen LogP contribution is -2.47. The highest BCUT2D eigenvalue weighted by molar-refractivity contribution is 6.03. The Morgan fingerprint density at radius 3 is 2.38 bits per heavy atom. The summed E-state index contributed by atoms with van der Waals surface area (Å²) in [6.45, 7) is 5.50. The van der Waals surface area contributed by atoms with Crippen LogP contribution in [0.2, 0.25) is 0 Å². The Kier molecular flexibility index (Phi) is 5.70. The lowest BCUT2D eigenvalue weighted by molar-refractivity contribution is 0.102. The van der Waals surface area contributed by atoms with Crippen LogP contribution < -0.4 is 15.1 Å². The van der Waals surface area contributed by atoms with Gasteiger partial charge in [-0.25, -0.2) is 9.97 Å². The Morgan fingerprint density at radius 1 is 0.931 bits per heavy atom. The Balaban J connectivity index is 1.43. The predicted octanol–water partition coefficient (Wildman–Crippen LogP) is 3.62. The molecule has 0 saturated carbocycles. The molecule has 0 unspecified atom stereocenters. The predicted molar refractivity (Wildman–Crippen MR) is 117 cm³/mol. The van der Waals surface area contributed by atoms with Crippen LogP contribution in [0.1, 0.15) is 23.0 Å². The smallest absolute Gasteiger partial charge is 0.274 e. The summed E-state index contributed by atoms with van der Waals surface area (Å²) in [5, 5.41) is 2.98. The van der Waals surface area contributed by atoms with E-state index < -0.39 is 0 Å². The van der Waals surface area contributed by atoms with E-state index in [-0.39, 0.29) is 5.91 Å². The summed E-state index contributed by atoms with van der Waals surface area (Å²) in [7, 11) is 0. The highest BCUT2D eigenvalue weighted by atomic mass is 16.1. The summed E-state index contributed by atoms with van der Waals surface area (Å²) in [5.74, 6) is 0.395. The summed E-state index contributed by atoms with van der Waals surface area (Å²) < 4.78 is 0. The molecule has 148 valence electrons. The van der Waals surface area contributed by atoms with E-state index >= 15 is 0 Å². The van der Waals surface area contributed by atoms with Crippen molar-refractivity contribution in [1.29, 1.82) is 0 Å². The number of nitrogens with zero attached hydrogens (tertiary/aromatic N) is 4. The number of rotatable bonds is 5. The maximum absolute atomic E-state index is 12.7. The van der Waals surface area contributed by atoms with Crippen molar-refractivity contribution in [3.05, 3.63) is 78.1 Å². The molecule has 6 heteroatoms. The first-order chi connectivity index (χ1) is 14.2. The molecule has 1 saturated heterocycles. The number of benzene rings is 2. The van der Waals surface area contributed by atoms with Crippen LogP contribution in [0, 0.1) is 0 Å². The van der Waals surface area contributed by atoms with E-state index in [9.17, 15) is 4.79 Å². The molecular weight excluding hydrogens is 362 g/mol. The summed E-state index contributed by atoms with van der Waals surface area (Å²) in [4.78, 5) is 26.1. The number of piperazine rings is 1. The van der Waals surface area contributed by atoms with Crippen molar-refractivity contribution in [2.24, 2.45) is 0 Å². The zero-order valence-corrected chi connectivity index (χ0v) is 16.6. The molecule has 1 aliphatic rings. The third-order valence-corrected chi connectivity index (χ3v) is 5.21. The third-order valence-electron chi connectivity index (χ3n) is 5.21. The maximum atomic E-state index is 12.7. The van der Waals surface area contributed by atoms with Crippen LogP contribution in [0.4, 0.5) is 17.3 Å². The molecule has 4 rings (SSSR count). The molecule has 6 nitrogen and oxygen atoms in total. The Bertz CT molecular complexity index is 968. The van der Waals surface area contributed by atoms with Crippen LogP contribution in [0.5, 0.6) is 0 Å². The minimum Gasteiger partial charge on any atom is -0.368 e. The first-order valence-electron chi connectivity index (χ1n) is 10.0. The van der Waals surface area contributed by atoms with Crippen molar-refractivity contribution < 1.29 is 4.79 Å². The molecule has 3 aromatic rings. The van der Waals surface area contributed by atoms with Crippen LogP contribution in [0.3, 0.4) is 0 Å².